The van der Waals surface area contributed by atoms with Crippen LogP contribution in [0.3, 0.4) is 0 Å². The van der Waals surface area contributed by atoms with E-state index in [1.165, 1.54) is 19.1 Å². The Kier molecular flexibility index (Phi) is 4.25. The second kappa shape index (κ2) is 6.56. The third-order valence-electron chi connectivity index (χ3n) is 7.73. The van der Waals surface area contributed by atoms with Crippen molar-refractivity contribution < 1.29 is 29.0 Å². The number of amides is 2. The van der Waals surface area contributed by atoms with E-state index in [0.29, 0.717) is 43.6 Å². The van der Waals surface area contributed by atoms with Gasteiger partial charge < -0.3 is 19.5 Å². The van der Waals surface area contributed by atoms with Crippen molar-refractivity contribution in [2.75, 3.05) is 32.2 Å². The normalized spacial score (nSPS) is 33.5. The van der Waals surface area contributed by atoms with Crippen molar-refractivity contribution in [3.63, 3.8) is 0 Å². The predicted octanol–water partition coefficient (Wildman–Crippen LogP) is 1.90. The molecule has 2 spiro atoms. The highest BCUT2D eigenvalue weighted by Crippen LogP contribution is 2.64. The third-order valence-corrected chi connectivity index (χ3v) is 7.73. The van der Waals surface area contributed by atoms with E-state index in [2.05, 4.69) is 0 Å². The molecule has 8 nitrogen and oxygen atoms in total. The fraction of sp³-hybridized carbons (Fsp3) is 0.522. The Hall–Kier alpha value is -2.87. The number of methoxy groups -OCH3 is 2. The maximum atomic E-state index is 14.1. The monoisotopic (exact) mass is 426 g/mol. The summed E-state index contributed by atoms with van der Waals surface area (Å²) in [5.74, 6) is -1.04. The highest BCUT2D eigenvalue weighted by molar-refractivity contribution is 6.07. The molecule has 1 N–H and O–H groups in total. The number of benzene rings is 1. The number of anilines is 1. The van der Waals surface area contributed by atoms with Crippen molar-refractivity contribution in [2.45, 2.75) is 48.7 Å². The number of carbonyl (C=O) groups excluding carboxylic acids is 3. The highest BCUT2D eigenvalue weighted by atomic mass is 16.6. The van der Waals surface area contributed by atoms with Crippen molar-refractivity contribution in [3.05, 3.63) is 41.5 Å². The molecular formula is C23H26N2O6. The van der Waals surface area contributed by atoms with E-state index in [0.717, 1.165) is 12.0 Å². The topological polar surface area (TPSA) is 96.4 Å². The van der Waals surface area contributed by atoms with Gasteiger partial charge in [-0.3, -0.25) is 9.69 Å². The minimum Gasteiger partial charge on any atom is -0.467 e. The van der Waals surface area contributed by atoms with Crippen LogP contribution >= 0.6 is 0 Å². The Bertz CT molecular complexity index is 1020. The van der Waals surface area contributed by atoms with Gasteiger partial charge in [0.05, 0.1) is 19.9 Å². The number of rotatable bonds is 1. The van der Waals surface area contributed by atoms with E-state index in [1.807, 2.05) is 12.1 Å². The van der Waals surface area contributed by atoms with Crippen LogP contribution in [0.1, 0.15) is 37.7 Å². The number of fused-ring (bicyclic) bond motifs is 5. The summed E-state index contributed by atoms with van der Waals surface area (Å²) < 4.78 is 10.2. The van der Waals surface area contributed by atoms with Crippen LogP contribution in [-0.4, -0.2) is 66.4 Å². The van der Waals surface area contributed by atoms with Gasteiger partial charge in [-0.2, -0.15) is 0 Å². The van der Waals surface area contributed by atoms with Gasteiger partial charge in [0.1, 0.15) is 11.0 Å². The lowest BCUT2D eigenvalue weighted by atomic mass is 9.54. The van der Waals surface area contributed by atoms with Crippen LogP contribution in [0.25, 0.3) is 0 Å². The Labute approximate surface area is 180 Å². The van der Waals surface area contributed by atoms with Crippen molar-refractivity contribution in [2.24, 2.45) is 0 Å². The summed E-state index contributed by atoms with van der Waals surface area (Å²) in [5, 5.41) is 12.2. The Balaban J connectivity index is 1.93. The molecule has 2 amide bonds. The summed E-state index contributed by atoms with van der Waals surface area (Å²) in [7, 11) is 2.47. The fourth-order valence-electron chi connectivity index (χ4n) is 6.54. The van der Waals surface area contributed by atoms with E-state index < -0.39 is 28.6 Å². The second-order valence-electron chi connectivity index (χ2n) is 8.79. The van der Waals surface area contributed by atoms with Crippen molar-refractivity contribution >= 4 is 23.7 Å². The fourth-order valence-corrected chi connectivity index (χ4v) is 6.54. The summed E-state index contributed by atoms with van der Waals surface area (Å²) in [6.45, 7) is 1.10. The van der Waals surface area contributed by atoms with E-state index in [-0.39, 0.29) is 12.3 Å². The SMILES string of the molecule is COC(=O)N1c2ccccc2[C@@]23CCN(CCCC4=C[C@@](O)(C(=O)OC)[C@@]12CC4)C3=O. The highest BCUT2D eigenvalue weighted by Gasteiger charge is 2.79. The van der Waals surface area contributed by atoms with Gasteiger partial charge in [-0.1, -0.05) is 23.8 Å². The lowest BCUT2D eigenvalue weighted by molar-refractivity contribution is -0.170. The molecule has 6 rings (SSSR count). The zero-order chi connectivity index (χ0) is 22.0. The number of ether oxygens (including phenoxy) is 2. The van der Waals surface area contributed by atoms with Crippen LogP contribution in [0, 0.1) is 0 Å². The van der Waals surface area contributed by atoms with Crippen LogP contribution in [0.15, 0.2) is 35.9 Å². The van der Waals surface area contributed by atoms with Gasteiger partial charge in [0, 0.05) is 13.1 Å². The van der Waals surface area contributed by atoms with Gasteiger partial charge in [-0.15, -0.1) is 0 Å². The van der Waals surface area contributed by atoms with Crippen LogP contribution in [0.2, 0.25) is 0 Å². The van der Waals surface area contributed by atoms with Crippen molar-refractivity contribution in [3.8, 4) is 0 Å². The average Bonchev–Trinajstić information content (AvgIpc) is 3.23. The zero-order valence-electron chi connectivity index (χ0n) is 17.7. The molecule has 2 saturated heterocycles. The first-order valence-electron chi connectivity index (χ1n) is 10.7. The van der Waals surface area contributed by atoms with E-state index in [9.17, 15) is 19.5 Å². The lowest BCUT2D eigenvalue weighted by Gasteiger charge is -2.55. The molecule has 1 aromatic carbocycles. The first-order valence-corrected chi connectivity index (χ1v) is 10.7. The maximum absolute atomic E-state index is 14.1. The molecule has 2 fully saturated rings. The minimum absolute atomic E-state index is 0.160. The number of para-hydroxylation sites is 1. The van der Waals surface area contributed by atoms with Crippen molar-refractivity contribution in [1.29, 1.82) is 0 Å². The average molecular weight is 426 g/mol. The van der Waals surface area contributed by atoms with Gasteiger partial charge in [0.25, 0.3) is 0 Å². The molecular weight excluding hydrogens is 400 g/mol. The summed E-state index contributed by atoms with van der Waals surface area (Å²) in [6, 6.07) is 7.16. The molecule has 1 aromatic rings. The molecule has 4 bridgehead atoms. The molecule has 4 heterocycles. The molecule has 0 unspecified atom stereocenters. The molecule has 0 saturated carbocycles. The molecule has 0 radical (unpaired) electrons. The molecule has 5 aliphatic rings. The van der Waals surface area contributed by atoms with Crippen molar-refractivity contribution in [1.82, 2.24) is 4.90 Å². The number of nitrogens with zero attached hydrogens (tertiary/aromatic N) is 2. The Morgan fingerprint density at radius 1 is 1.06 bits per heavy atom. The Morgan fingerprint density at radius 2 is 1.84 bits per heavy atom. The quantitative estimate of drug-likeness (QED) is 0.544. The van der Waals surface area contributed by atoms with Gasteiger partial charge >= 0.3 is 12.1 Å². The first kappa shape index (κ1) is 20.1. The van der Waals surface area contributed by atoms with Gasteiger partial charge in [-0.05, 0) is 49.8 Å². The smallest absolute Gasteiger partial charge is 0.414 e. The summed E-state index contributed by atoms with van der Waals surface area (Å²) in [4.78, 5) is 43.7. The third kappa shape index (κ3) is 2.16. The lowest BCUT2D eigenvalue weighted by Crippen LogP contribution is -2.76. The number of carbonyl (C=O) groups is 3. The van der Waals surface area contributed by atoms with Gasteiger partial charge in [0.15, 0.2) is 0 Å². The largest absolute Gasteiger partial charge is 0.467 e. The number of hydrogen-bond acceptors (Lipinski definition) is 6. The maximum Gasteiger partial charge on any atom is 0.414 e. The number of aliphatic hydroxyl groups is 1. The number of hydrogen-bond donors (Lipinski definition) is 1. The molecule has 31 heavy (non-hydrogen) atoms. The van der Waals surface area contributed by atoms with E-state index in [4.69, 9.17) is 9.47 Å². The molecule has 3 atom stereocenters. The van der Waals surface area contributed by atoms with E-state index >= 15 is 0 Å². The number of allylic oxidation sites excluding steroid dienone is 1. The predicted molar refractivity (Wildman–Crippen MR) is 110 cm³/mol. The minimum atomic E-state index is -2.20. The Morgan fingerprint density at radius 3 is 2.58 bits per heavy atom. The molecule has 8 heteroatoms. The van der Waals surface area contributed by atoms with Crippen LogP contribution in [-0.2, 0) is 24.5 Å². The standard InChI is InChI=1S/C23H26N2O6/c1-30-19(27)22(29)14-15-6-5-12-24-13-11-21(18(24)26)16-7-3-4-8-17(16)25(20(28)31-2)23(21,22)10-9-15/h3-4,7-8,14,29H,5-6,9-13H2,1-2H3/t21-,22-,23+/m1/s1. The van der Waals surface area contributed by atoms with Crippen LogP contribution in [0.4, 0.5) is 10.5 Å². The van der Waals surface area contributed by atoms with Crippen LogP contribution < -0.4 is 4.90 Å². The molecule has 164 valence electrons. The molecule has 0 aromatic heterocycles. The van der Waals surface area contributed by atoms with E-state index in [1.54, 1.807) is 23.1 Å². The van der Waals surface area contributed by atoms with Gasteiger partial charge in [-0.25, -0.2) is 9.59 Å². The zero-order valence-corrected chi connectivity index (χ0v) is 17.7. The van der Waals surface area contributed by atoms with Crippen LogP contribution in [0.5, 0.6) is 0 Å². The van der Waals surface area contributed by atoms with Gasteiger partial charge in [0.2, 0.25) is 11.5 Å². The summed E-state index contributed by atoms with van der Waals surface area (Å²) >= 11 is 0. The molecule has 1 aliphatic carbocycles. The summed E-state index contributed by atoms with van der Waals surface area (Å²) in [5.41, 5.74) is -3.00. The summed E-state index contributed by atoms with van der Waals surface area (Å²) in [6.07, 6.45) is 3.44. The first-order chi connectivity index (χ1) is 14.9. The molecule has 4 aliphatic heterocycles. The second-order valence-corrected chi connectivity index (χ2v) is 8.79. The number of esters is 1.